The second-order valence-electron chi connectivity index (χ2n) is 3.92. The van der Waals surface area contributed by atoms with E-state index in [1.54, 1.807) is 0 Å². The van der Waals surface area contributed by atoms with Gasteiger partial charge in [-0.1, -0.05) is 50.7 Å². The molecule has 1 saturated carbocycles. The zero-order valence-electron chi connectivity index (χ0n) is 8.46. The molecule has 0 aliphatic heterocycles. The summed E-state index contributed by atoms with van der Waals surface area (Å²) in [5.41, 5.74) is 1.26. The van der Waals surface area contributed by atoms with Gasteiger partial charge in [0.1, 0.15) is 0 Å². The largest absolute Gasteiger partial charge is 0.372 e. The number of halogens is 2. The summed E-state index contributed by atoms with van der Waals surface area (Å²) in [6, 6.07) is 8.35. The fourth-order valence-electron chi connectivity index (χ4n) is 1.85. The summed E-state index contributed by atoms with van der Waals surface area (Å²) >= 11 is 5.94. The minimum Gasteiger partial charge on any atom is -0.372 e. The lowest BCUT2D eigenvalue weighted by molar-refractivity contribution is 0.0514. The van der Waals surface area contributed by atoms with Crippen molar-refractivity contribution >= 4 is 38.5 Å². The van der Waals surface area contributed by atoms with Gasteiger partial charge in [-0.25, -0.2) is 0 Å². The summed E-state index contributed by atoms with van der Waals surface area (Å²) in [5, 5.41) is 0. The Bertz CT molecular complexity index is 312. The monoisotopic (exact) mass is 380 g/mol. The third-order valence-electron chi connectivity index (χ3n) is 2.75. The fourth-order valence-corrected chi connectivity index (χ4v) is 3.12. The van der Waals surface area contributed by atoms with Crippen LogP contribution in [0, 0.1) is 0 Å². The van der Waals surface area contributed by atoms with Gasteiger partial charge in [0.2, 0.25) is 0 Å². The van der Waals surface area contributed by atoms with Crippen LogP contribution in [0.2, 0.25) is 0 Å². The number of benzene rings is 1. The van der Waals surface area contributed by atoms with Crippen LogP contribution in [0.3, 0.4) is 0 Å². The van der Waals surface area contributed by atoms with E-state index in [0.717, 1.165) is 11.1 Å². The smallest absolute Gasteiger partial charge is 0.0721 e. The highest BCUT2D eigenvalue weighted by molar-refractivity contribution is 14.1. The minimum absolute atomic E-state index is 0.467. The zero-order valence-corrected chi connectivity index (χ0v) is 12.2. The molecule has 15 heavy (non-hydrogen) atoms. The van der Waals surface area contributed by atoms with E-state index in [1.807, 2.05) is 0 Å². The molecule has 0 N–H and O–H groups in total. The van der Waals surface area contributed by atoms with Crippen LogP contribution in [-0.4, -0.2) is 10.0 Å². The van der Waals surface area contributed by atoms with E-state index in [1.165, 1.54) is 24.8 Å². The first-order valence-electron chi connectivity index (χ1n) is 5.26. The predicted octanol–water partition coefficient (Wildman–Crippen LogP) is 4.32. The first kappa shape index (κ1) is 11.9. The van der Waals surface area contributed by atoms with E-state index in [-0.39, 0.29) is 0 Å². The maximum atomic E-state index is 5.92. The van der Waals surface area contributed by atoms with Gasteiger partial charge in [0.15, 0.2) is 0 Å². The maximum Gasteiger partial charge on any atom is 0.0721 e. The minimum atomic E-state index is 0.467. The number of hydrogen-bond donors (Lipinski definition) is 0. The van der Waals surface area contributed by atoms with Gasteiger partial charge in [0.05, 0.1) is 12.7 Å². The van der Waals surface area contributed by atoms with Crippen LogP contribution < -0.4 is 0 Å². The Labute approximate surface area is 113 Å². The highest BCUT2D eigenvalue weighted by atomic mass is 127. The number of rotatable bonds is 3. The third-order valence-corrected chi connectivity index (χ3v) is 4.70. The Morgan fingerprint density at radius 1 is 1.27 bits per heavy atom. The van der Waals surface area contributed by atoms with E-state index >= 15 is 0 Å². The van der Waals surface area contributed by atoms with E-state index in [0.29, 0.717) is 10.0 Å². The maximum absolute atomic E-state index is 5.92. The summed E-state index contributed by atoms with van der Waals surface area (Å²) in [6.07, 6.45) is 4.32. The molecule has 0 bridgehead atoms. The van der Waals surface area contributed by atoms with Crippen molar-refractivity contribution in [1.82, 2.24) is 0 Å². The number of hydrogen-bond acceptors (Lipinski definition) is 1. The topological polar surface area (TPSA) is 9.23 Å². The molecule has 0 radical (unpaired) electrons. The van der Waals surface area contributed by atoms with Crippen LogP contribution in [0.1, 0.15) is 24.8 Å². The Kier molecular flexibility index (Phi) is 4.46. The molecule has 1 aliphatic carbocycles. The average molecular weight is 381 g/mol. The van der Waals surface area contributed by atoms with Gasteiger partial charge < -0.3 is 4.74 Å². The van der Waals surface area contributed by atoms with E-state index in [2.05, 4.69) is 62.8 Å². The van der Waals surface area contributed by atoms with Crippen molar-refractivity contribution in [2.24, 2.45) is 0 Å². The van der Waals surface area contributed by atoms with Gasteiger partial charge in [-0.2, -0.15) is 0 Å². The Hall–Kier alpha value is 0.390. The molecule has 1 fully saturated rings. The van der Waals surface area contributed by atoms with Crippen LogP contribution in [-0.2, 0) is 11.3 Å². The molecule has 2 rings (SSSR count). The quantitative estimate of drug-likeness (QED) is 0.560. The molecule has 1 aromatic rings. The lowest BCUT2D eigenvalue weighted by Crippen LogP contribution is -2.17. The van der Waals surface area contributed by atoms with Crippen molar-refractivity contribution in [3.8, 4) is 0 Å². The average Bonchev–Trinajstić information content (AvgIpc) is 2.63. The molecule has 0 spiro atoms. The van der Waals surface area contributed by atoms with Crippen LogP contribution in [0.4, 0.5) is 0 Å². The molecule has 82 valence electrons. The zero-order chi connectivity index (χ0) is 10.7. The molecule has 0 amide bonds. The molecule has 2 atom stereocenters. The van der Waals surface area contributed by atoms with Gasteiger partial charge >= 0.3 is 0 Å². The number of ether oxygens (including phenoxy) is 1. The summed E-state index contributed by atoms with van der Waals surface area (Å²) in [4.78, 5) is 0. The highest BCUT2D eigenvalue weighted by Gasteiger charge is 2.25. The third kappa shape index (κ3) is 3.43. The Morgan fingerprint density at radius 2 is 2.00 bits per heavy atom. The molecule has 1 aliphatic rings. The van der Waals surface area contributed by atoms with Crippen molar-refractivity contribution in [2.75, 3.05) is 0 Å². The highest BCUT2D eigenvalue weighted by Crippen LogP contribution is 2.29. The van der Waals surface area contributed by atoms with E-state index in [4.69, 9.17) is 4.74 Å². The lowest BCUT2D eigenvalue weighted by Gasteiger charge is -2.15. The SMILES string of the molecule is Brc1ccc(COC2CCCC2I)cc1. The Balaban J connectivity index is 1.85. The van der Waals surface area contributed by atoms with E-state index in [9.17, 15) is 0 Å². The molecule has 0 heterocycles. The molecule has 1 nitrogen and oxygen atoms in total. The van der Waals surface area contributed by atoms with Gasteiger partial charge in [-0.15, -0.1) is 0 Å². The van der Waals surface area contributed by atoms with Gasteiger partial charge in [0.25, 0.3) is 0 Å². The fraction of sp³-hybridized carbons (Fsp3) is 0.500. The Morgan fingerprint density at radius 3 is 2.60 bits per heavy atom. The summed E-state index contributed by atoms with van der Waals surface area (Å²) in [6.45, 7) is 0.747. The number of alkyl halides is 1. The van der Waals surface area contributed by atoms with Crippen molar-refractivity contribution < 1.29 is 4.74 Å². The van der Waals surface area contributed by atoms with Crippen molar-refractivity contribution in [3.05, 3.63) is 34.3 Å². The summed E-state index contributed by atoms with van der Waals surface area (Å²) in [7, 11) is 0. The molecule has 0 saturated heterocycles. The van der Waals surface area contributed by atoms with Crippen molar-refractivity contribution in [2.45, 2.75) is 35.9 Å². The van der Waals surface area contributed by atoms with Crippen LogP contribution in [0.25, 0.3) is 0 Å². The van der Waals surface area contributed by atoms with Crippen molar-refractivity contribution in [1.29, 1.82) is 0 Å². The predicted molar refractivity (Wildman–Crippen MR) is 74.4 cm³/mol. The van der Waals surface area contributed by atoms with Gasteiger partial charge in [-0.3, -0.25) is 0 Å². The second-order valence-corrected chi connectivity index (χ2v) is 6.44. The van der Waals surface area contributed by atoms with Gasteiger partial charge in [0, 0.05) is 8.40 Å². The molecule has 3 heteroatoms. The molecule has 2 unspecified atom stereocenters. The van der Waals surface area contributed by atoms with Crippen LogP contribution in [0.5, 0.6) is 0 Å². The van der Waals surface area contributed by atoms with Gasteiger partial charge in [-0.05, 0) is 37.0 Å². The molecular weight excluding hydrogens is 367 g/mol. The molecule has 1 aromatic carbocycles. The normalized spacial score (nSPS) is 25.7. The summed E-state index contributed by atoms with van der Waals surface area (Å²) < 4.78 is 7.75. The van der Waals surface area contributed by atoms with Crippen LogP contribution >= 0.6 is 38.5 Å². The summed E-state index contributed by atoms with van der Waals surface area (Å²) in [5.74, 6) is 0. The van der Waals surface area contributed by atoms with Crippen molar-refractivity contribution in [3.63, 3.8) is 0 Å². The standard InChI is InChI=1S/C12H14BrIO/c13-10-6-4-9(5-7-10)8-15-12-3-1-2-11(12)14/h4-7,11-12H,1-3,8H2. The van der Waals surface area contributed by atoms with E-state index < -0.39 is 0 Å². The second kappa shape index (κ2) is 5.64. The molecule has 0 aromatic heterocycles. The first-order valence-corrected chi connectivity index (χ1v) is 7.29. The molecular formula is C12H14BrIO. The van der Waals surface area contributed by atoms with Crippen LogP contribution in [0.15, 0.2) is 28.7 Å². The first-order chi connectivity index (χ1) is 7.25. The lowest BCUT2D eigenvalue weighted by atomic mass is 10.2.